The van der Waals surface area contributed by atoms with Crippen molar-refractivity contribution in [3.8, 4) is 18.1 Å². The van der Waals surface area contributed by atoms with Crippen molar-refractivity contribution in [3.63, 3.8) is 0 Å². The van der Waals surface area contributed by atoms with E-state index in [0.29, 0.717) is 17.9 Å². The van der Waals surface area contributed by atoms with Crippen LogP contribution in [0.1, 0.15) is 35.1 Å². The van der Waals surface area contributed by atoms with Crippen LogP contribution in [0.15, 0.2) is 89.9 Å². The lowest BCUT2D eigenvalue weighted by molar-refractivity contribution is 0.370. The standard InChI is InChI=1S/C28H24N2O/c1-2-18-31-23-16-10-20(11-17-23)19-29-22-14-12-21(13-15-22)28-26-8-5-7-24(26)25-6-3-4-9-27(25)30-28/h1,3-7,9-17,19,24,26,28,30H,8,18H2/t24-,26-,28+/m1/s1. The van der Waals surface area contributed by atoms with Crippen LogP contribution in [0.5, 0.6) is 5.75 Å². The van der Waals surface area contributed by atoms with Crippen molar-refractivity contribution < 1.29 is 4.74 Å². The third-order valence-corrected chi connectivity index (χ3v) is 6.09. The van der Waals surface area contributed by atoms with Gasteiger partial charge in [0, 0.05) is 17.8 Å². The molecule has 0 radical (unpaired) electrons. The fourth-order valence-electron chi connectivity index (χ4n) is 4.57. The molecule has 0 saturated heterocycles. The number of ether oxygens (including phenoxy) is 1. The van der Waals surface area contributed by atoms with Gasteiger partial charge in [-0.15, -0.1) is 6.42 Å². The van der Waals surface area contributed by atoms with E-state index < -0.39 is 0 Å². The molecule has 0 aromatic heterocycles. The molecule has 3 aromatic rings. The Bertz CT molecular complexity index is 1150. The number of terminal acetylenes is 1. The van der Waals surface area contributed by atoms with Crippen LogP contribution in [0.3, 0.4) is 0 Å². The van der Waals surface area contributed by atoms with Crippen LogP contribution in [0.2, 0.25) is 0 Å². The summed E-state index contributed by atoms with van der Waals surface area (Å²) in [6.07, 6.45) is 12.9. The number of anilines is 1. The van der Waals surface area contributed by atoms with Crippen molar-refractivity contribution in [1.82, 2.24) is 0 Å². The number of nitrogens with zero attached hydrogens (tertiary/aromatic N) is 1. The van der Waals surface area contributed by atoms with Crippen LogP contribution < -0.4 is 10.1 Å². The highest BCUT2D eigenvalue weighted by Crippen LogP contribution is 2.49. The summed E-state index contributed by atoms with van der Waals surface area (Å²) in [6.45, 7) is 0.277. The second kappa shape index (κ2) is 8.53. The molecule has 2 aliphatic rings. The average molecular weight is 405 g/mol. The van der Waals surface area contributed by atoms with E-state index in [9.17, 15) is 0 Å². The summed E-state index contributed by atoms with van der Waals surface area (Å²) in [5, 5.41) is 3.78. The number of hydrogen-bond donors (Lipinski definition) is 1. The van der Waals surface area contributed by atoms with Gasteiger partial charge in [-0.05, 0) is 71.5 Å². The number of nitrogens with one attached hydrogen (secondary N) is 1. The van der Waals surface area contributed by atoms with Gasteiger partial charge in [0.1, 0.15) is 12.4 Å². The summed E-state index contributed by atoms with van der Waals surface area (Å²) in [6, 6.07) is 25.3. The Balaban J connectivity index is 1.30. The number of para-hydroxylation sites is 1. The number of hydrogen-bond acceptors (Lipinski definition) is 3. The zero-order valence-electron chi connectivity index (χ0n) is 17.2. The second-order valence-corrected chi connectivity index (χ2v) is 7.97. The van der Waals surface area contributed by atoms with Crippen molar-refractivity contribution in [1.29, 1.82) is 0 Å². The molecule has 3 nitrogen and oxygen atoms in total. The lowest BCUT2D eigenvalue weighted by Gasteiger charge is -2.37. The molecule has 3 heteroatoms. The van der Waals surface area contributed by atoms with Crippen molar-refractivity contribution >= 4 is 17.6 Å². The van der Waals surface area contributed by atoms with Crippen LogP contribution >= 0.6 is 0 Å². The summed E-state index contributed by atoms with van der Waals surface area (Å²) >= 11 is 0. The minimum atomic E-state index is 0.277. The Hall–Kier alpha value is -3.77. The monoisotopic (exact) mass is 404 g/mol. The summed E-state index contributed by atoms with van der Waals surface area (Å²) in [4.78, 5) is 4.63. The summed E-state index contributed by atoms with van der Waals surface area (Å²) < 4.78 is 5.40. The van der Waals surface area contributed by atoms with Gasteiger partial charge in [0.15, 0.2) is 0 Å². The molecular formula is C28H24N2O. The first-order valence-electron chi connectivity index (χ1n) is 10.6. The van der Waals surface area contributed by atoms with Crippen LogP contribution in [0.25, 0.3) is 0 Å². The Morgan fingerprint density at radius 1 is 1.03 bits per heavy atom. The molecular weight excluding hydrogens is 380 g/mol. The molecule has 3 aromatic carbocycles. The van der Waals surface area contributed by atoms with Gasteiger partial charge in [-0.25, -0.2) is 0 Å². The minimum absolute atomic E-state index is 0.277. The predicted octanol–water partition coefficient (Wildman–Crippen LogP) is 6.28. The zero-order chi connectivity index (χ0) is 21.0. The van der Waals surface area contributed by atoms with E-state index in [4.69, 9.17) is 11.2 Å². The summed E-state index contributed by atoms with van der Waals surface area (Å²) in [7, 11) is 0. The van der Waals surface area contributed by atoms with E-state index in [0.717, 1.165) is 23.4 Å². The van der Waals surface area contributed by atoms with Crippen molar-refractivity contribution in [2.24, 2.45) is 10.9 Å². The average Bonchev–Trinajstić information content (AvgIpc) is 3.32. The fraction of sp³-hybridized carbons (Fsp3) is 0.179. The highest BCUT2D eigenvalue weighted by atomic mass is 16.5. The van der Waals surface area contributed by atoms with Gasteiger partial charge in [-0.1, -0.05) is 48.4 Å². The fourth-order valence-corrected chi connectivity index (χ4v) is 4.57. The van der Waals surface area contributed by atoms with Crippen LogP contribution in [-0.2, 0) is 0 Å². The molecule has 3 atom stereocenters. The molecule has 152 valence electrons. The maximum Gasteiger partial charge on any atom is 0.148 e. The number of rotatable bonds is 5. The van der Waals surface area contributed by atoms with E-state index in [-0.39, 0.29) is 6.61 Å². The largest absolute Gasteiger partial charge is 0.481 e. The Morgan fingerprint density at radius 3 is 2.65 bits per heavy atom. The molecule has 0 fully saturated rings. The quantitative estimate of drug-likeness (QED) is 0.309. The van der Waals surface area contributed by atoms with Gasteiger partial charge in [-0.3, -0.25) is 4.99 Å². The van der Waals surface area contributed by atoms with E-state index in [1.807, 2.05) is 30.5 Å². The third-order valence-electron chi connectivity index (χ3n) is 6.09. The summed E-state index contributed by atoms with van der Waals surface area (Å²) in [5.74, 6) is 4.28. The van der Waals surface area contributed by atoms with Crippen molar-refractivity contribution in [3.05, 3.63) is 102 Å². The topological polar surface area (TPSA) is 33.6 Å². The number of aliphatic imine (C=N–C) groups is 1. The van der Waals surface area contributed by atoms with Crippen LogP contribution in [-0.4, -0.2) is 12.8 Å². The van der Waals surface area contributed by atoms with Crippen molar-refractivity contribution in [2.75, 3.05) is 11.9 Å². The molecule has 1 N–H and O–H groups in total. The SMILES string of the molecule is C#CCOc1ccc(C=Nc2ccc([C@@H]3Nc4ccccc4[C@H]4C=CC[C@H]43)cc2)cc1. The molecule has 5 rings (SSSR count). The molecule has 0 unspecified atom stereocenters. The van der Waals surface area contributed by atoms with Gasteiger partial charge in [0.05, 0.1) is 11.7 Å². The Labute approximate surface area is 183 Å². The number of allylic oxidation sites excluding steroid dienone is 2. The predicted molar refractivity (Wildman–Crippen MR) is 127 cm³/mol. The lowest BCUT2D eigenvalue weighted by Crippen LogP contribution is -2.28. The highest BCUT2D eigenvalue weighted by Gasteiger charge is 2.37. The van der Waals surface area contributed by atoms with Gasteiger partial charge in [-0.2, -0.15) is 0 Å². The van der Waals surface area contributed by atoms with Gasteiger partial charge < -0.3 is 10.1 Å². The molecule has 1 heterocycles. The normalized spacial score (nSPS) is 21.2. The molecule has 0 spiro atoms. The van der Waals surface area contributed by atoms with E-state index in [1.54, 1.807) is 0 Å². The van der Waals surface area contributed by atoms with E-state index in [1.165, 1.54) is 16.8 Å². The van der Waals surface area contributed by atoms with Gasteiger partial charge >= 0.3 is 0 Å². The maximum atomic E-state index is 5.40. The maximum absolute atomic E-state index is 5.40. The first-order valence-corrected chi connectivity index (χ1v) is 10.6. The van der Waals surface area contributed by atoms with Crippen LogP contribution in [0, 0.1) is 18.3 Å². The number of benzene rings is 3. The van der Waals surface area contributed by atoms with Gasteiger partial charge in [0.2, 0.25) is 0 Å². The highest BCUT2D eigenvalue weighted by molar-refractivity contribution is 5.82. The zero-order valence-corrected chi connectivity index (χ0v) is 17.2. The molecule has 0 saturated carbocycles. The number of fused-ring (bicyclic) bond motifs is 3. The third kappa shape index (κ3) is 3.98. The second-order valence-electron chi connectivity index (χ2n) is 7.97. The molecule has 31 heavy (non-hydrogen) atoms. The Kier molecular flexibility index (Phi) is 5.29. The summed E-state index contributed by atoms with van der Waals surface area (Å²) in [5.41, 5.74) is 5.92. The molecule has 0 bridgehead atoms. The lowest BCUT2D eigenvalue weighted by atomic mass is 9.77. The minimum Gasteiger partial charge on any atom is -0.481 e. The van der Waals surface area contributed by atoms with E-state index >= 15 is 0 Å². The van der Waals surface area contributed by atoms with Crippen LogP contribution in [0.4, 0.5) is 11.4 Å². The van der Waals surface area contributed by atoms with E-state index in [2.05, 4.69) is 76.9 Å². The Morgan fingerprint density at radius 2 is 1.84 bits per heavy atom. The van der Waals surface area contributed by atoms with Crippen molar-refractivity contribution in [2.45, 2.75) is 18.4 Å². The molecule has 1 aliphatic carbocycles. The smallest absolute Gasteiger partial charge is 0.148 e. The van der Waals surface area contributed by atoms with Gasteiger partial charge in [0.25, 0.3) is 0 Å². The molecule has 1 aliphatic heterocycles. The first kappa shape index (κ1) is 19.2. The first-order chi connectivity index (χ1) is 15.3. The molecule has 0 amide bonds.